The molecule has 9 nitrogen and oxygen atoms in total. The molecule has 2 heterocycles. The summed E-state index contributed by atoms with van der Waals surface area (Å²) in [5, 5.41) is 17.8. The Balaban J connectivity index is 1.42. The lowest BCUT2D eigenvalue weighted by atomic mass is 10.2. The summed E-state index contributed by atoms with van der Waals surface area (Å²) in [6.07, 6.45) is 1.50. The van der Waals surface area contributed by atoms with Crippen LogP contribution in [-0.4, -0.2) is 31.3 Å². The van der Waals surface area contributed by atoms with Crippen LogP contribution in [-0.2, 0) is 6.61 Å². The van der Waals surface area contributed by atoms with Crippen LogP contribution in [0, 0.1) is 13.8 Å². The van der Waals surface area contributed by atoms with Gasteiger partial charge in [-0.3, -0.25) is 4.79 Å². The summed E-state index contributed by atoms with van der Waals surface area (Å²) in [6, 6.07) is 14.2. The molecule has 0 spiro atoms. The van der Waals surface area contributed by atoms with Gasteiger partial charge in [0.15, 0.2) is 0 Å². The van der Waals surface area contributed by atoms with Gasteiger partial charge in [0.05, 0.1) is 16.9 Å². The predicted octanol–water partition coefficient (Wildman–Crippen LogP) is 3.10. The van der Waals surface area contributed by atoms with Crippen LogP contribution in [0.15, 0.2) is 59.4 Å². The molecular weight excluding hydrogens is 372 g/mol. The van der Waals surface area contributed by atoms with Gasteiger partial charge >= 0.3 is 0 Å². The zero-order chi connectivity index (χ0) is 20.2. The molecule has 29 heavy (non-hydrogen) atoms. The second-order valence-electron chi connectivity index (χ2n) is 6.37. The van der Waals surface area contributed by atoms with Gasteiger partial charge in [0, 0.05) is 11.3 Å². The van der Waals surface area contributed by atoms with E-state index in [-0.39, 0.29) is 5.91 Å². The van der Waals surface area contributed by atoms with Crippen molar-refractivity contribution in [1.29, 1.82) is 0 Å². The average molecular weight is 390 g/mol. The SMILES string of the molecule is Cc1noc(C)c1COc1cccc(C(=O)Nc2ccc(-n3cnnn3)cc2)c1. The summed E-state index contributed by atoms with van der Waals surface area (Å²) in [5.74, 6) is 1.08. The lowest BCUT2D eigenvalue weighted by Gasteiger charge is -2.09. The lowest BCUT2D eigenvalue weighted by molar-refractivity contribution is 0.102. The predicted molar refractivity (Wildman–Crippen MR) is 104 cm³/mol. The Morgan fingerprint density at radius 2 is 2.00 bits per heavy atom. The van der Waals surface area contributed by atoms with E-state index in [0.29, 0.717) is 23.6 Å². The van der Waals surface area contributed by atoms with Crippen molar-refractivity contribution in [3.8, 4) is 11.4 Å². The van der Waals surface area contributed by atoms with Gasteiger partial charge in [-0.05, 0) is 66.7 Å². The molecule has 0 atom stereocenters. The molecule has 0 aliphatic heterocycles. The minimum Gasteiger partial charge on any atom is -0.489 e. The second-order valence-corrected chi connectivity index (χ2v) is 6.37. The van der Waals surface area contributed by atoms with Crippen molar-refractivity contribution >= 4 is 11.6 Å². The van der Waals surface area contributed by atoms with Gasteiger partial charge in [-0.25, -0.2) is 4.68 Å². The number of tetrazole rings is 1. The van der Waals surface area contributed by atoms with Crippen LogP contribution in [0.5, 0.6) is 5.75 Å². The molecule has 1 N–H and O–H groups in total. The number of anilines is 1. The number of carbonyl (C=O) groups excluding carboxylic acids is 1. The first-order chi connectivity index (χ1) is 14.1. The minimum absolute atomic E-state index is 0.233. The molecule has 0 bridgehead atoms. The Morgan fingerprint density at radius 1 is 1.17 bits per heavy atom. The molecule has 9 heteroatoms. The molecule has 0 radical (unpaired) electrons. The summed E-state index contributed by atoms with van der Waals surface area (Å²) < 4.78 is 12.5. The van der Waals surface area contributed by atoms with Gasteiger partial charge in [-0.15, -0.1) is 5.10 Å². The standard InChI is InChI=1S/C20H18N6O3/c1-13-19(14(2)29-23-13)11-28-18-5-3-4-15(10-18)20(27)22-16-6-8-17(9-7-16)26-12-21-24-25-26/h3-10,12H,11H2,1-2H3,(H,22,27). The van der Waals surface area contributed by atoms with E-state index >= 15 is 0 Å². The number of rotatable bonds is 6. The van der Waals surface area contributed by atoms with E-state index in [2.05, 4.69) is 26.0 Å². The molecule has 0 unspecified atom stereocenters. The zero-order valence-corrected chi connectivity index (χ0v) is 15.9. The van der Waals surface area contributed by atoms with E-state index in [4.69, 9.17) is 9.26 Å². The van der Waals surface area contributed by atoms with E-state index in [1.807, 2.05) is 26.0 Å². The van der Waals surface area contributed by atoms with Gasteiger partial charge in [0.2, 0.25) is 0 Å². The first kappa shape index (κ1) is 18.4. The number of hydrogen-bond donors (Lipinski definition) is 1. The highest BCUT2D eigenvalue weighted by molar-refractivity contribution is 6.04. The van der Waals surface area contributed by atoms with Crippen molar-refractivity contribution < 1.29 is 14.1 Å². The summed E-state index contributed by atoms with van der Waals surface area (Å²) in [4.78, 5) is 12.6. The maximum atomic E-state index is 12.6. The highest BCUT2D eigenvalue weighted by Gasteiger charge is 2.11. The number of aryl methyl sites for hydroxylation is 2. The third-order valence-electron chi connectivity index (χ3n) is 4.40. The van der Waals surface area contributed by atoms with Crippen molar-refractivity contribution in [1.82, 2.24) is 25.4 Å². The normalized spacial score (nSPS) is 10.7. The van der Waals surface area contributed by atoms with Crippen LogP contribution in [0.1, 0.15) is 27.4 Å². The molecule has 1 amide bonds. The van der Waals surface area contributed by atoms with E-state index < -0.39 is 0 Å². The largest absolute Gasteiger partial charge is 0.489 e. The minimum atomic E-state index is -0.233. The number of amides is 1. The number of hydrogen-bond acceptors (Lipinski definition) is 7. The third kappa shape index (κ3) is 4.13. The van der Waals surface area contributed by atoms with Crippen LogP contribution in [0.25, 0.3) is 5.69 Å². The average Bonchev–Trinajstić information content (AvgIpc) is 3.38. The number of benzene rings is 2. The molecule has 0 aliphatic carbocycles. The molecule has 2 aromatic carbocycles. The van der Waals surface area contributed by atoms with Crippen LogP contribution >= 0.6 is 0 Å². The number of nitrogens with one attached hydrogen (secondary N) is 1. The molecule has 0 saturated carbocycles. The quantitative estimate of drug-likeness (QED) is 0.539. The van der Waals surface area contributed by atoms with E-state index in [9.17, 15) is 4.79 Å². The van der Waals surface area contributed by atoms with Crippen molar-refractivity contribution in [3.05, 3.63) is 77.4 Å². The number of nitrogens with zero attached hydrogens (tertiary/aromatic N) is 5. The van der Waals surface area contributed by atoms with Gasteiger partial charge in [0.25, 0.3) is 5.91 Å². The summed E-state index contributed by atoms with van der Waals surface area (Å²) in [5.41, 5.74) is 3.64. The number of ether oxygens (including phenoxy) is 1. The first-order valence-corrected chi connectivity index (χ1v) is 8.89. The number of carbonyl (C=O) groups is 1. The maximum Gasteiger partial charge on any atom is 0.255 e. The van der Waals surface area contributed by atoms with Gasteiger partial charge in [0.1, 0.15) is 24.4 Å². The second kappa shape index (κ2) is 7.93. The van der Waals surface area contributed by atoms with Crippen LogP contribution < -0.4 is 10.1 Å². The molecule has 146 valence electrons. The highest BCUT2D eigenvalue weighted by atomic mass is 16.5. The smallest absolute Gasteiger partial charge is 0.255 e. The number of aromatic nitrogens is 5. The highest BCUT2D eigenvalue weighted by Crippen LogP contribution is 2.20. The Morgan fingerprint density at radius 3 is 2.69 bits per heavy atom. The first-order valence-electron chi connectivity index (χ1n) is 8.89. The molecular formula is C20H18N6O3. The molecule has 4 aromatic rings. The Labute approximate surface area is 166 Å². The van der Waals surface area contributed by atoms with Crippen molar-refractivity contribution in [2.45, 2.75) is 20.5 Å². The Kier molecular flexibility index (Phi) is 5.02. The summed E-state index contributed by atoms with van der Waals surface area (Å²) >= 11 is 0. The monoisotopic (exact) mass is 390 g/mol. The molecule has 0 aliphatic rings. The molecule has 2 aromatic heterocycles. The maximum absolute atomic E-state index is 12.6. The van der Waals surface area contributed by atoms with Crippen LogP contribution in [0.2, 0.25) is 0 Å². The van der Waals surface area contributed by atoms with Crippen LogP contribution in [0.3, 0.4) is 0 Å². The Hall–Kier alpha value is -4.01. The van der Waals surface area contributed by atoms with E-state index in [0.717, 1.165) is 22.7 Å². The fourth-order valence-corrected chi connectivity index (χ4v) is 2.77. The Bertz CT molecular complexity index is 1100. The lowest BCUT2D eigenvalue weighted by Crippen LogP contribution is -2.12. The fourth-order valence-electron chi connectivity index (χ4n) is 2.77. The third-order valence-corrected chi connectivity index (χ3v) is 4.40. The topological polar surface area (TPSA) is 108 Å². The van der Waals surface area contributed by atoms with Crippen molar-refractivity contribution in [3.63, 3.8) is 0 Å². The van der Waals surface area contributed by atoms with Gasteiger partial charge in [-0.1, -0.05) is 11.2 Å². The molecule has 0 fully saturated rings. The zero-order valence-electron chi connectivity index (χ0n) is 15.9. The van der Waals surface area contributed by atoms with Gasteiger partial charge < -0.3 is 14.6 Å². The van der Waals surface area contributed by atoms with Crippen molar-refractivity contribution in [2.24, 2.45) is 0 Å². The molecule has 0 saturated heterocycles. The molecule has 4 rings (SSSR count). The van der Waals surface area contributed by atoms with Gasteiger partial charge in [-0.2, -0.15) is 0 Å². The van der Waals surface area contributed by atoms with E-state index in [1.165, 1.54) is 11.0 Å². The fraction of sp³-hybridized carbons (Fsp3) is 0.150. The summed E-state index contributed by atoms with van der Waals surface area (Å²) in [7, 11) is 0. The van der Waals surface area contributed by atoms with Crippen LogP contribution in [0.4, 0.5) is 5.69 Å². The van der Waals surface area contributed by atoms with Crippen molar-refractivity contribution in [2.75, 3.05) is 5.32 Å². The summed E-state index contributed by atoms with van der Waals surface area (Å²) in [6.45, 7) is 4.03. The van der Waals surface area contributed by atoms with E-state index in [1.54, 1.807) is 36.4 Å².